The Morgan fingerprint density at radius 3 is 1.47 bits per heavy atom. The lowest BCUT2D eigenvalue weighted by atomic mass is 10.1. The summed E-state index contributed by atoms with van der Waals surface area (Å²) in [5.74, 6) is 0. The zero-order chi connectivity index (χ0) is 21.7. The van der Waals surface area contributed by atoms with E-state index in [9.17, 15) is 0 Å². The van der Waals surface area contributed by atoms with Gasteiger partial charge in [-0.2, -0.15) is 0 Å². The summed E-state index contributed by atoms with van der Waals surface area (Å²) in [4.78, 5) is 11.3. The zero-order valence-electron chi connectivity index (χ0n) is 17.5. The van der Waals surface area contributed by atoms with Crippen molar-refractivity contribution in [2.75, 3.05) is 0 Å². The van der Waals surface area contributed by atoms with Gasteiger partial charge in [-0.05, 0) is 49.3 Å². The molecule has 6 rings (SSSR count). The molecular formula is C26H18N2S4. The molecule has 0 amide bonds. The Labute approximate surface area is 201 Å². The van der Waals surface area contributed by atoms with E-state index in [1.807, 2.05) is 35.1 Å². The zero-order valence-corrected chi connectivity index (χ0v) is 20.7. The predicted octanol–water partition coefficient (Wildman–Crippen LogP) is 9.14. The summed E-state index contributed by atoms with van der Waals surface area (Å²) < 4.78 is 5.47. The van der Waals surface area contributed by atoms with E-state index >= 15 is 0 Å². The van der Waals surface area contributed by atoms with Crippen LogP contribution in [0.25, 0.3) is 53.9 Å². The first kappa shape index (κ1) is 20.0. The van der Waals surface area contributed by atoms with Gasteiger partial charge in [0.05, 0.1) is 9.40 Å². The molecule has 0 atom stereocenters. The van der Waals surface area contributed by atoms with Crippen molar-refractivity contribution in [3.05, 3.63) is 79.7 Å². The van der Waals surface area contributed by atoms with Crippen LogP contribution in [0.2, 0.25) is 0 Å². The molecule has 0 unspecified atom stereocenters. The van der Waals surface area contributed by atoms with Crippen LogP contribution in [0.3, 0.4) is 0 Å². The van der Waals surface area contributed by atoms with E-state index in [1.165, 1.54) is 50.5 Å². The van der Waals surface area contributed by atoms with E-state index in [2.05, 4.69) is 84.5 Å². The highest BCUT2D eigenvalue weighted by atomic mass is 32.1. The average molecular weight is 487 g/mol. The second-order valence-electron chi connectivity index (χ2n) is 7.66. The molecule has 6 aromatic rings. The molecule has 6 heteroatoms. The highest BCUT2D eigenvalue weighted by Crippen LogP contribution is 2.44. The summed E-state index contributed by atoms with van der Waals surface area (Å²) >= 11 is 7.23. The number of hydrogen-bond acceptors (Lipinski definition) is 6. The second-order valence-corrected chi connectivity index (χ2v) is 12.3. The molecule has 0 aliphatic rings. The van der Waals surface area contributed by atoms with Crippen molar-refractivity contribution < 1.29 is 0 Å². The normalized spacial score (nSPS) is 12.4. The van der Waals surface area contributed by atoms with Crippen LogP contribution in [-0.2, 0) is 0 Å². The van der Waals surface area contributed by atoms with Crippen molar-refractivity contribution in [2.45, 2.75) is 13.8 Å². The summed E-state index contributed by atoms with van der Waals surface area (Å²) in [6, 6.07) is 13.5. The van der Waals surface area contributed by atoms with Gasteiger partial charge in [-0.3, -0.25) is 0 Å². The molecule has 156 valence electrons. The highest BCUT2D eigenvalue weighted by Gasteiger charge is 2.12. The predicted molar refractivity (Wildman–Crippen MR) is 146 cm³/mol. The van der Waals surface area contributed by atoms with Crippen molar-refractivity contribution in [3.8, 4) is 0 Å². The summed E-state index contributed by atoms with van der Waals surface area (Å²) in [6.45, 7) is 4.18. The van der Waals surface area contributed by atoms with E-state index in [-0.39, 0.29) is 0 Å². The molecule has 0 aliphatic heterocycles. The van der Waals surface area contributed by atoms with Gasteiger partial charge in [0, 0.05) is 42.3 Å². The Morgan fingerprint density at radius 2 is 1.06 bits per heavy atom. The van der Waals surface area contributed by atoms with Crippen LogP contribution in [0.1, 0.15) is 30.9 Å². The van der Waals surface area contributed by atoms with Gasteiger partial charge in [0.2, 0.25) is 0 Å². The largest absolute Gasteiger partial charge is 0.245 e. The van der Waals surface area contributed by atoms with Crippen molar-refractivity contribution in [1.29, 1.82) is 0 Å². The minimum Gasteiger partial charge on any atom is -0.245 e. The van der Waals surface area contributed by atoms with E-state index in [0.717, 1.165) is 10.0 Å². The fourth-order valence-corrected chi connectivity index (χ4v) is 7.83. The van der Waals surface area contributed by atoms with Crippen LogP contribution in [0.4, 0.5) is 0 Å². The van der Waals surface area contributed by atoms with Crippen molar-refractivity contribution in [1.82, 2.24) is 9.97 Å². The molecule has 4 aromatic heterocycles. The fourth-order valence-electron chi connectivity index (χ4n) is 3.73. The van der Waals surface area contributed by atoms with E-state index < -0.39 is 0 Å². The maximum absolute atomic E-state index is 4.42. The first-order valence-electron chi connectivity index (χ1n) is 10.2. The molecule has 0 saturated heterocycles. The van der Waals surface area contributed by atoms with Crippen LogP contribution in [0.5, 0.6) is 0 Å². The van der Waals surface area contributed by atoms with Crippen LogP contribution in [-0.4, -0.2) is 9.97 Å². The van der Waals surface area contributed by atoms with E-state index in [0.29, 0.717) is 0 Å². The number of aromatic nitrogens is 2. The fraction of sp³-hybridized carbons (Fsp3) is 0.0769. The third-order valence-electron chi connectivity index (χ3n) is 5.25. The SMILES string of the molecule is Cc1cnc(/C=C/c2ccc3c(c2)sc2c4ccc(/C=C/c5ncc(C)s5)cc4sc32)s1. The van der Waals surface area contributed by atoms with Gasteiger partial charge >= 0.3 is 0 Å². The highest BCUT2D eigenvalue weighted by molar-refractivity contribution is 7.36. The summed E-state index contributed by atoms with van der Waals surface area (Å²) in [5.41, 5.74) is 2.43. The number of aryl methyl sites for hydroxylation is 2. The van der Waals surface area contributed by atoms with Crippen LogP contribution < -0.4 is 0 Å². The van der Waals surface area contributed by atoms with Crippen LogP contribution in [0, 0.1) is 13.8 Å². The molecule has 0 spiro atoms. The van der Waals surface area contributed by atoms with E-state index in [4.69, 9.17) is 0 Å². The molecule has 0 N–H and O–H groups in total. The van der Waals surface area contributed by atoms with Crippen LogP contribution >= 0.6 is 45.3 Å². The number of benzene rings is 2. The smallest absolute Gasteiger partial charge is 0.116 e. The Morgan fingerprint density at radius 1 is 0.594 bits per heavy atom. The van der Waals surface area contributed by atoms with Crippen molar-refractivity contribution in [2.24, 2.45) is 0 Å². The number of rotatable bonds is 4. The molecule has 4 heterocycles. The lowest BCUT2D eigenvalue weighted by Crippen LogP contribution is -1.72. The second kappa shape index (κ2) is 8.05. The van der Waals surface area contributed by atoms with Gasteiger partial charge in [-0.25, -0.2) is 9.97 Å². The van der Waals surface area contributed by atoms with Gasteiger partial charge in [0.15, 0.2) is 0 Å². The average Bonchev–Trinajstić information content (AvgIpc) is 3.55. The maximum Gasteiger partial charge on any atom is 0.116 e. The number of nitrogens with zero attached hydrogens (tertiary/aromatic N) is 2. The molecule has 2 nitrogen and oxygen atoms in total. The van der Waals surface area contributed by atoms with Gasteiger partial charge in [0.1, 0.15) is 10.0 Å². The summed E-state index contributed by atoms with van der Waals surface area (Å²) in [5, 5.41) is 4.80. The monoisotopic (exact) mass is 486 g/mol. The molecule has 0 fully saturated rings. The standard InChI is InChI=1S/C26H18N2S4/c1-15-13-27-23(29-15)9-5-17-3-7-19-21(11-17)31-26-20-8-4-18(12-22(20)32-25(19)26)6-10-24-28-14-16(2)30-24/h3-14H,1-2H3/b9-5+,10-6+. The van der Waals surface area contributed by atoms with E-state index in [1.54, 1.807) is 22.7 Å². The lowest BCUT2D eigenvalue weighted by molar-refractivity contribution is 1.36. The minimum absolute atomic E-state index is 1.05. The van der Waals surface area contributed by atoms with Crippen molar-refractivity contribution >= 4 is 99.2 Å². The third kappa shape index (κ3) is 3.73. The maximum atomic E-state index is 4.42. The summed E-state index contributed by atoms with van der Waals surface area (Å²) in [7, 11) is 0. The van der Waals surface area contributed by atoms with Gasteiger partial charge < -0.3 is 0 Å². The van der Waals surface area contributed by atoms with Gasteiger partial charge in [-0.15, -0.1) is 45.3 Å². The number of thiophene rings is 2. The summed E-state index contributed by atoms with van der Waals surface area (Å²) in [6.07, 6.45) is 12.4. The van der Waals surface area contributed by atoms with Crippen LogP contribution in [0.15, 0.2) is 48.8 Å². The lowest BCUT2D eigenvalue weighted by Gasteiger charge is -1.96. The molecular weight excluding hydrogens is 469 g/mol. The Balaban J connectivity index is 1.35. The molecule has 32 heavy (non-hydrogen) atoms. The molecule has 0 aliphatic carbocycles. The molecule has 0 radical (unpaired) electrons. The third-order valence-corrected chi connectivity index (χ3v) is 9.50. The van der Waals surface area contributed by atoms with Gasteiger partial charge in [-0.1, -0.05) is 36.4 Å². The molecule has 2 aromatic carbocycles. The first-order chi connectivity index (χ1) is 15.6. The number of thiazole rings is 2. The topological polar surface area (TPSA) is 25.8 Å². The Bertz CT molecular complexity index is 1530. The Kier molecular flexibility index (Phi) is 5.03. The van der Waals surface area contributed by atoms with Gasteiger partial charge in [0.25, 0.3) is 0 Å². The number of hydrogen-bond donors (Lipinski definition) is 0. The number of fused-ring (bicyclic) bond motifs is 5. The quantitative estimate of drug-likeness (QED) is 0.248. The first-order valence-corrected chi connectivity index (χ1v) is 13.5. The molecule has 0 saturated carbocycles. The Hall–Kier alpha value is -2.64. The minimum atomic E-state index is 1.05. The molecule has 0 bridgehead atoms. The van der Waals surface area contributed by atoms with Crippen molar-refractivity contribution in [3.63, 3.8) is 0 Å².